The van der Waals surface area contributed by atoms with Crippen molar-refractivity contribution in [3.8, 4) is 11.5 Å². The van der Waals surface area contributed by atoms with Crippen LogP contribution in [0.25, 0.3) is 0 Å². The van der Waals surface area contributed by atoms with Crippen LogP contribution in [0.1, 0.15) is 44.4 Å². The number of hydrogen-bond acceptors (Lipinski definition) is 7. The molecule has 0 amide bonds. The number of Topliss-reactive ketones (excluding diaryl/α,β-unsaturated/α-hetero) is 1. The smallest absolute Gasteiger partial charge is 0.227 e. The molecule has 4 rings (SSSR count). The zero-order chi connectivity index (χ0) is 26.0. The molecule has 2 aromatic carbocycles. The van der Waals surface area contributed by atoms with Crippen LogP contribution >= 0.6 is 50.9 Å². The van der Waals surface area contributed by atoms with Crippen LogP contribution in [-0.2, 0) is 11.4 Å². The minimum atomic E-state index is -0.475. The standard InChI is InChI=1S/C25H25BrCl2N4O3S/c1-5-8-36-25-30-24-29-13(2)21(14(3)33)22(32(24)31-25)16-10-17(26)23(20(11-16)34-4)35-12-15-6-7-18(27)19(28)9-15/h6-7,9-11,22H,5,8,12H2,1-4H3,(H,29,30,31). The highest BCUT2D eigenvalue weighted by molar-refractivity contribution is 9.10. The minimum absolute atomic E-state index is 0.0519. The number of allylic oxidation sites excluding steroid dienone is 2. The van der Waals surface area contributed by atoms with E-state index in [1.807, 2.05) is 25.1 Å². The number of benzene rings is 2. The molecular formula is C25H25BrCl2N4O3S. The SMILES string of the molecule is CCCSc1nc2n(n1)C(c1cc(Br)c(OCc3ccc(Cl)c(Cl)c3)c(OC)c1)C(C(C)=O)=C(C)N2. The Hall–Kier alpha value is -2.20. The highest BCUT2D eigenvalue weighted by Gasteiger charge is 2.33. The zero-order valence-electron chi connectivity index (χ0n) is 20.2. The van der Waals surface area contributed by atoms with E-state index in [2.05, 4.69) is 33.2 Å². The van der Waals surface area contributed by atoms with Gasteiger partial charge in [-0.05, 0) is 71.6 Å². The molecular weight excluding hydrogens is 587 g/mol. The van der Waals surface area contributed by atoms with Crippen LogP contribution in [-0.4, -0.2) is 33.4 Å². The van der Waals surface area contributed by atoms with Gasteiger partial charge in [-0.1, -0.05) is 48.0 Å². The number of nitrogens with one attached hydrogen (secondary N) is 1. The van der Waals surface area contributed by atoms with Gasteiger partial charge in [-0.15, -0.1) is 5.10 Å². The maximum absolute atomic E-state index is 12.7. The third kappa shape index (κ3) is 5.54. The lowest BCUT2D eigenvalue weighted by Crippen LogP contribution is -2.28. The number of thioether (sulfide) groups is 1. The summed E-state index contributed by atoms with van der Waals surface area (Å²) in [6.07, 6.45) is 1.01. The molecule has 11 heteroatoms. The summed E-state index contributed by atoms with van der Waals surface area (Å²) in [7, 11) is 1.58. The van der Waals surface area contributed by atoms with Gasteiger partial charge in [0, 0.05) is 17.0 Å². The van der Waals surface area contributed by atoms with Crippen molar-refractivity contribution in [2.45, 2.75) is 45.0 Å². The molecule has 0 saturated heterocycles. The van der Waals surface area contributed by atoms with Crippen LogP contribution in [0.4, 0.5) is 5.95 Å². The van der Waals surface area contributed by atoms with Crippen molar-refractivity contribution in [2.24, 2.45) is 0 Å². The minimum Gasteiger partial charge on any atom is -0.493 e. The first-order chi connectivity index (χ1) is 17.2. The molecule has 1 aliphatic heterocycles. The van der Waals surface area contributed by atoms with E-state index in [0.29, 0.717) is 42.7 Å². The fourth-order valence-electron chi connectivity index (χ4n) is 3.97. The summed E-state index contributed by atoms with van der Waals surface area (Å²) < 4.78 is 14.2. The van der Waals surface area contributed by atoms with E-state index in [1.54, 1.807) is 42.6 Å². The molecule has 0 fully saturated rings. The molecule has 3 aromatic rings. The van der Waals surface area contributed by atoms with Crippen molar-refractivity contribution in [3.63, 3.8) is 0 Å². The average Bonchev–Trinajstić information content (AvgIpc) is 3.24. The van der Waals surface area contributed by atoms with Crippen LogP contribution in [0.3, 0.4) is 0 Å². The molecule has 1 atom stereocenters. The molecule has 0 saturated carbocycles. The molecule has 2 heterocycles. The Morgan fingerprint density at radius 3 is 2.69 bits per heavy atom. The molecule has 1 aromatic heterocycles. The second-order valence-electron chi connectivity index (χ2n) is 8.20. The Morgan fingerprint density at radius 2 is 2.03 bits per heavy atom. The molecule has 1 N–H and O–H groups in total. The predicted molar refractivity (Wildman–Crippen MR) is 148 cm³/mol. The van der Waals surface area contributed by atoms with Crippen LogP contribution in [0, 0.1) is 0 Å². The number of nitrogens with zero attached hydrogens (tertiary/aromatic N) is 3. The first kappa shape index (κ1) is 26.9. The van der Waals surface area contributed by atoms with Crippen LogP contribution in [0.2, 0.25) is 10.0 Å². The van der Waals surface area contributed by atoms with Crippen molar-refractivity contribution in [1.29, 1.82) is 0 Å². The quantitative estimate of drug-likeness (QED) is 0.254. The molecule has 36 heavy (non-hydrogen) atoms. The number of hydrogen-bond donors (Lipinski definition) is 1. The number of anilines is 1. The second-order valence-corrected chi connectivity index (χ2v) is 10.9. The van der Waals surface area contributed by atoms with Crippen molar-refractivity contribution >= 4 is 62.6 Å². The van der Waals surface area contributed by atoms with Gasteiger partial charge < -0.3 is 14.8 Å². The molecule has 1 unspecified atom stereocenters. The van der Waals surface area contributed by atoms with E-state index in [0.717, 1.165) is 29.0 Å². The van der Waals surface area contributed by atoms with E-state index in [-0.39, 0.29) is 12.4 Å². The van der Waals surface area contributed by atoms with Gasteiger partial charge in [-0.2, -0.15) is 4.98 Å². The molecule has 0 aliphatic carbocycles. The van der Waals surface area contributed by atoms with E-state index in [1.165, 1.54) is 0 Å². The summed E-state index contributed by atoms with van der Waals surface area (Å²) in [6, 6.07) is 8.66. The van der Waals surface area contributed by atoms with E-state index < -0.39 is 6.04 Å². The molecule has 0 radical (unpaired) electrons. The van der Waals surface area contributed by atoms with Crippen LogP contribution in [0.5, 0.6) is 11.5 Å². The lowest BCUT2D eigenvalue weighted by Gasteiger charge is -2.28. The lowest BCUT2D eigenvalue weighted by atomic mass is 9.93. The van der Waals surface area contributed by atoms with Gasteiger partial charge in [-0.25, -0.2) is 4.68 Å². The van der Waals surface area contributed by atoms with Gasteiger partial charge in [0.2, 0.25) is 11.1 Å². The summed E-state index contributed by atoms with van der Waals surface area (Å²) in [5.41, 5.74) is 3.03. The zero-order valence-corrected chi connectivity index (χ0v) is 24.1. The van der Waals surface area contributed by atoms with Gasteiger partial charge in [0.15, 0.2) is 17.3 Å². The Morgan fingerprint density at radius 1 is 1.25 bits per heavy atom. The van der Waals surface area contributed by atoms with Crippen LogP contribution < -0.4 is 14.8 Å². The molecule has 190 valence electrons. The first-order valence-corrected chi connectivity index (χ1v) is 13.8. The van der Waals surface area contributed by atoms with Crippen molar-refractivity contribution in [2.75, 3.05) is 18.2 Å². The third-order valence-corrected chi connectivity index (χ3v) is 7.95. The number of halogens is 3. The molecule has 0 spiro atoms. The van der Waals surface area contributed by atoms with Crippen molar-refractivity contribution < 1.29 is 14.3 Å². The summed E-state index contributed by atoms with van der Waals surface area (Å²) in [5, 5.41) is 9.57. The topological polar surface area (TPSA) is 78.3 Å². The number of ether oxygens (including phenoxy) is 2. The Kier molecular flexibility index (Phi) is 8.55. The lowest BCUT2D eigenvalue weighted by molar-refractivity contribution is -0.114. The predicted octanol–water partition coefficient (Wildman–Crippen LogP) is 7.32. The van der Waals surface area contributed by atoms with E-state index in [4.69, 9.17) is 37.8 Å². The van der Waals surface area contributed by atoms with Gasteiger partial charge in [0.1, 0.15) is 12.6 Å². The largest absolute Gasteiger partial charge is 0.493 e. The Balaban J connectivity index is 1.72. The van der Waals surface area contributed by atoms with Crippen LogP contribution in [0.15, 0.2) is 51.2 Å². The number of ketones is 1. The van der Waals surface area contributed by atoms with E-state index >= 15 is 0 Å². The van der Waals surface area contributed by atoms with Gasteiger partial charge >= 0.3 is 0 Å². The van der Waals surface area contributed by atoms with Gasteiger partial charge in [0.25, 0.3) is 0 Å². The summed E-state index contributed by atoms with van der Waals surface area (Å²) in [5.74, 6) is 2.50. The maximum Gasteiger partial charge on any atom is 0.227 e. The maximum atomic E-state index is 12.7. The van der Waals surface area contributed by atoms with Gasteiger partial charge in [-0.3, -0.25) is 4.79 Å². The highest BCUT2D eigenvalue weighted by atomic mass is 79.9. The molecule has 7 nitrogen and oxygen atoms in total. The second kappa shape index (κ2) is 11.5. The summed E-state index contributed by atoms with van der Waals surface area (Å²) in [4.78, 5) is 17.4. The summed E-state index contributed by atoms with van der Waals surface area (Å²) in [6.45, 7) is 5.81. The van der Waals surface area contributed by atoms with Gasteiger partial charge in [0.05, 0.1) is 21.6 Å². The molecule has 1 aliphatic rings. The number of carbonyl (C=O) groups is 1. The first-order valence-electron chi connectivity index (χ1n) is 11.3. The fourth-order valence-corrected chi connectivity index (χ4v) is 5.55. The fraction of sp³-hybridized carbons (Fsp3) is 0.320. The average molecular weight is 612 g/mol. The number of carbonyl (C=O) groups excluding carboxylic acids is 1. The Bertz CT molecular complexity index is 1350. The van der Waals surface area contributed by atoms with E-state index in [9.17, 15) is 4.79 Å². The third-order valence-electron chi connectivity index (χ3n) is 5.58. The summed E-state index contributed by atoms with van der Waals surface area (Å²) >= 11 is 17.4. The number of fused-ring (bicyclic) bond motifs is 1. The number of rotatable bonds is 9. The van der Waals surface area contributed by atoms with Crippen molar-refractivity contribution in [3.05, 3.63) is 67.2 Å². The van der Waals surface area contributed by atoms with Crippen molar-refractivity contribution in [1.82, 2.24) is 14.8 Å². The highest BCUT2D eigenvalue weighted by Crippen LogP contribution is 2.43. The monoisotopic (exact) mass is 610 g/mol. The Labute approximate surface area is 232 Å². The number of methoxy groups -OCH3 is 1. The molecule has 0 bridgehead atoms. The normalized spacial score (nSPS) is 14.9. The number of aromatic nitrogens is 3.